The predicted molar refractivity (Wildman–Crippen MR) is 44.3 cm³/mol. The zero-order valence-corrected chi connectivity index (χ0v) is 7.48. The first-order valence-electron chi connectivity index (χ1n) is 3.46. The molecule has 0 aromatic carbocycles. The first kappa shape index (κ1) is 10.1. The van der Waals surface area contributed by atoms with Crippen molar-refractivity contribution in [2.75, 3.05) is 0 Å². The molecule has 1 heterocycles. The van der Waals surface area contributed by atoms with Gasteiger partial charge >= 0.3 is 0 Å². The van der Waals surface area contributed by atoms with E-state index < -0.39 is 6.43 Å². The molecule has 0 aliphatic carbocycles. The second-order valence-electron chi connectivity index (χ2n) is 2.45. The van der Waals surface area contributed by atoms with Gasteiger partial charge in [-0.05, 0) is 12.5 Å². The highest BCUT2D eigenvalue weighted by molar-refractivity contribution is 6.31. The lowest BCUT2D eigenvalue weighted by Gasteiger charge is -2.07. The van der Waals surface area contributed by atoms with Crippen LogP contribution in [0.25, 0.3) is 0 Å². The number of nitrogens with zero attached hydrogens (tertiary/aromatic N) is 1. The number of hydrogen-bond acceptors (Lipinski definition) is 2. The van der Waals surface area contributed by atoms with Gasteiger partial charge in [-0.1, -0.05) is 11.6 Å². The highest BCUT2D eigenvalue weighted by Crippen LogP contribution is 2.30. The van der Waals surface area contributed by atoms with Crippen molar-refractivity contribution < 1.29 is 13.6 Å². The van der Waals surface area contributed by atoms with Gasteiger partial charge in [0.2, 0.25) is 0 Å². The van der Waals surface area contributed by atoms with Gasteiger partial charge in [0.05, 0.1) is 5.02 Å². The molecule has 0 aliphatic heterocycles. The molecule has 2 nitrogen and oxygen atoms in total. The number of halogens is 3. The van der Waals surface area contributed by atoms with Gasteiger partial charge in [-0.15, -0.1) is 0 Å². The van der Waals surface area contributed by atoms with Gasteiger partial charge in [0.1, 0.15) is 5.69 Å². The third-order valence-electron chi connectivity index (χ3n) is 1.69. The van der Waals surface area contributed by atoms with E-state index in [1.54, 1.807) is 0 Å². The fraction of sp³-hybridized carbons (Fsp3) is 0.250. The van der Waals surface area contributed by atoms with Gasteiger partial charge in [-0.3, -0.25) is 9.78 Å². The van der Waals surface area contributed by atoms with E-state index in [0.29, 0.717) is 6.29 Å². The molecule has 0 saturated carbocycles. The van der Waals surface area contributed by atoms with Crippen molar-refractivity contribution in [2.24, 2.45) is 0 Å². The van der Waals surface area contributed by atoms with Gasteiger partial charge in [-0.25, -0.2) is 8.78 Å². The number of carbonyl (C=O) groups is 1. The monoisotopic (exact) mass is 205 g/mol. The molecule has 5 heteroatoms. The van der Waals surface area contributed by atoms with Crippen LogP contribution in [0.4, 0.5) is 8.78 Å². The van der Waals surface area contributed by atoms with Crippen LogP contribution < -0.4 is 0 Å². The third-order valence-corrected chi connectivity index (χ3v) is 1.99. The van der Waals surface area contributed by atoms with Crippen LogP contribution in [0.5, 0.6) is 0 Å². The van der Waals surface area contributed by atoms with Crippen molar-refractivity contribution in [1.29, 1.82) is 0 Å². The Kier molecular flexibility index (Phi) is 2.93. The van der Waals surface area contributed by atoms with Crippen molar-refractivity contribution in [1.82, 2.24) is 4.98 Å². The summed E-state index contributed by atoms with van der Waals surface area (Å²) in [6.07, 6.45) is -1.20. The van der Waals surface area contributed by atoms with Crippen LogP contribution in [0, 0.1) is 6.92 Å². The molecule has 0 fully saturated rings. The van der Waals surface area contributed by atoms with E-state index in [1.807, 2.05) is 0 Å². The summed E-state index contributed by atoms with van der Waals surface area (Å²) in [5.74, 6) is 0. The average Bonchev–Trinajstić information content (AvgIpc) is 2.04. The Bertz CT molecular complexity index is 341. The summed E-state index contributed by atoms with van der Waals surface area (Å²) in [5, 5.41) is -0.113. The first-order valence-corrected chi connectivity index (χ1v) is 3.84. The molecule has 0 atom stereocenters. The maximum absolute atomic E-state index is 12.4. The van der Waals surface area contributed by atoms with Crippen molar-refractivity contribution in [3.63, 3.8) is 0 Å². The fourth-order valence-electron chi connectivity index (χ4n) is 0.996. The minimum absolute atomic E-state index is 0.000278. The molecule has 1 aromatic rings. The summed E-state index contributed by atoms with van der Waals surface area (Å²) < 4.78 is 24.8. The number of carbonyl (C=O) groups excluding carboxylic acids is 1. The normalized spacial score (nSPS) is 10.5. The van der Waals surface area contributed by atoms with Crippen molar-refractivity contribution in [3.8, 4) is 0 Å². The second-order valence-corrected chi connectivity index (χ2v) is 2.86. The second kappa shape index (κ2) is 3.79. The van der Waals surface area contributed by atoms with E-state index in [-0.39, 0.29) is 21.8 Å². The molecule has 0 unspecified atom stereocenters. The molecule has 0 spiro atoms. The SMILES string of the molecule is Cc1c(C=O)ncc(Cl)c1C(F)F. The van der Waals surface area contributed by atoms with E-state index in [4.69, 9.17) is 11.6 Å². The minimum atomic E-state index is -2.69. The Morgan fingerprint density at radius 3 is 2.69 bits per heavy atom. The summed E-state index contributed by atoms with van der Waals surface area (Å²) in [6.45, 7) is 1.39. The fourth-order valence-corrected chi connectivity index (χ4v) is 1.27. The number of rotatable bonds is 2. The highest BCUT2D eigenvalue weighted by Gasteiger charge is 2.17. The Morgan fingerprint density at radius 1 is 1.62 bits per heavy atom. The van der Waals surface area contributed by atoms with E-state index in [0.717, 1.165) is 6.20 Å². The van der Waals surface area contributed by atoms with Gasteiger partial charge in [0.15, 0.2) is 6.29 Å². The Hall–Kier alpha value is -1.03. The smallest absolute Gasteiger partial charge is 0.265 e. The molecular formula is C8H6ClF2NO. The number of pyridine rings is 1. The molecule has 0 N–H and O–H groups in total. The number of alkyl halides is 2. The summed E-state index contributed by atoms with van der Waals surface area (Å²) in [4.78, 5) is 14.0. The van der Waals surface area contributed by atoms with Gasteiger partial charge in [0.25, 0.3) is 6.43 Å². The summed E-state index contributed by atoms with van der Waals surface area (Å²) in [7, 11) is 0. The van der Waals surface area contributed by atoms with E-state index >= 15 is 0 Å². The number of aldehydes is 1. The lowest BCUT2D eigenvalue weighted by molar-refractivity contribution is 0.111. The van der Waals surface area contributed by atoms with E-state index in [9.17, 15) is 13.6 Å². The van der Waals surface area contributed by atoms with E-state index in [1.165, 1.54) is 6.92 Å². The topological polar surface area (TPSA) is 30.0 Å². The molecule has 70 valence electrons. The van der Waals surface area contributed by atoms with Crippen LogP contribution >= 0.6 is 11.6 Å². The first-order chi connectivity index (χ1) is 6.07. The third kappa shape index (κ3) is 1.83. The standard InChI is InChI=1S/C8H6ClF2NO/c1-4-6(3-13)12-2-5(9)7(4)8(10)11/h2-3,8H,1H3. The predicted octanol–water partition coefficient (Wildman–Crippen LogP) is 2.79. The average molecular weight is 206 g/mol. The zero-order valence-electron chi connectivity index (χ0n) is 6.72. The largest absolute Gasteiger partial charge is 0.296 e. The Morgan fingerprint density at radius 2 is 2.23 bits per heavy atom. The lowest BCUT2D eigenvalue weighted by atomic mass is 10.1. The van der Waals surface area contributed by atoms with Gasteiger partial charge < -0.3 is 0 Å². The highest BCUT2D eigenvalue weighted by atomic mass is 35.5. The zero-order chi connectivity index (χ0) is 10.0. The molecule has 0 aliphatic rings. The van der Waals surface area contributed by atoms with Crippen LogP contribution in [0.15, 0.2) is 6.20 Å². The Balaban J connectivity index is 3.38. The summed E-state index contributed by atoms with van der Waals surface area (Å²) in [6, 6.07) is 0. The lowest BCUT2D eigenvalue weighted by Crippen LogP contribution is -1.99. The van der Waals surface area contributed by atoms with Crippen LogP contribution in [0.3, 0.4) is 0 Å². The maximum atomic E-state index is 12.4. The van der Waals surface area contributed by atoms with Crippen molar-refractivity contribution in [2.45, 2.75) is 13.3 Å². The van der Waals surface area contributed by atoms with Crippen LogP contribution in [0.2, 0.25) is 5.02 Å². The number of hydrogen-bond donors (Lipinski definition) is 0. The maximum Gasteiger partial charge on any atom is 0.265 e. The quantitative estimate of drug-likeness (QED) is 0.695. The Labute approximate surface area is 78.5 Å². The molecule has 0 saturated heterocycles. The van der Waals surface area contributed by atoms with Gasteiger partial charge in [0, 0.05) is 11.8 Å². The molecule has 1 rings (SSSR count). The molecule has 0 bridgehead atoms. The minimum Gasteiger partial charge on any atom is -0.296 e. The van der Waals surface area contributed by atoms with Crippen molar-refractivity contribution >= 4 is 17.9 Å². The number of aromatic nitrogens is 1. The van der Waals surface area contributed by atoms with Crippen LogP contribution in [-0.2, 0) is 0 Å². The van der Waals surface area contributed by atoms with Crippen molar-refractivity contribution in [3.05, 3.63) is 28.0 Å². The molecule has 0 radical (unpaired) electrons. The molecular weight excluding hydrogens is 200 g/mol. The summed E-state index contributed by atoms with van der Waals surface area (Å²) >= 11 is 5.50. The van der Waals surface area contributed by atoms with E-state index in [2.05, 4.69) is 4.98 Å². The molecule has 13 heavy (non-hydrogen) atoms. The molecule has 0 amide bonds. The summed E-state index contributed by atoms with van der Waals surface area (Å²) in [5.41, 5.74) is -0.184. The molecule has 1 aromatic heterocycles. The van der Waals surface area contributed by atoms with Crippen LogP contribution in [0.1, 0.15) is 28.0 Å². The van der Waals surface area contributed by atoms with Gasteiger partial charge in [-0.2, -0.15) is 0 Å². The van der Waals surface area contributed by atoms with Crippen LogP contribution in [-0.4, -0.2) is 11.3 Å².